The third-order valence-corrected chi connectivity index (χ3v) is 11.9. The second-order valence-corrected chi connectivity index (χ2v) is 11.9. The molecule has 2 bridgehead atoms. The lowest BCUT2D eigenvalue weighted by Crippen LogP contribution is -2.45. The standard InChI is InChI=1S/C28H25O5P/c1-32-25(29)23-24(26(30)33-2)28(21-14-8-4-9-15-21)19-18-27(23,20-12-6-3-7-13-20)34(28,31)22-16-10-5-11-17-22/h3-19,23-24H,1-2H3/t23-,24+,27-,28+,34?. The number of fused-ring (bicyclic) bond motifs is 2. The van der Waals surface area contributed by atoms with Crippen molar-refractivity contribution >= 4 is 24.4 Å². The largest absolute Gasteiger partial charge is 0.469 e. The third kappa shape index (κ3) is 2.59. The molecular formula is C28H25O5P. The van der Waals surface area contributed by atoms with E-state index in [1.807, 2.05) is 103 Å². The molecule has 3 aromatic carbocycles. The molecule has 0 spiro atoms. The van der Waals surface area contributed by atoms with E-state index in [9.17, 15) is 9.59 Å². The molecule has 0 N–H and O–H groups in total. The van der Waals surface area contributed by atoms with Gasteiger partial charge < -0.3 is 14.0 Å². The molecule has 2 aliphatic heterocycles. The molecule has 5 atom stereocenters. The number of esters is 2. The van der Waals surface area contributed by atoms with Gasteiger partial charge in [-0.3, -0.25) is 9.59 Å². The maximum absolute atomic E-state index is 16.0. The van der Waals surface area contributed by atoms with Crippen molar-refractivity contribution in [1.82, 2.24) is 0 Å². The molecule has 5 nitrogen and oxygen atoms in total. The molecule has 1 saturated heterocycles. The third-order valence-electron chi connectivity index (χ3n) is 7.42. The lowest BCUT2D eigenvalue weighted by molar-refractivity contribution is -0.159. The Balaban J connectivity index is 1.98. The van der Waals surface area contributed by atoms with E-state index < -0.39 is 41.2 Å². The first-order valence-corrected chi connectivity index (χ1v) is 12.8. The van der Waals surface area contributed by atoms with E-state index in [2.05, 4.69) is 0 Å². The lowest BCUT2D eigenvalue weighted by Gasteiger charge is -2.37. The minimum Gasteiger partial charge on any atom is -0.469 e. The van der Waals surface area contributed by atoms with Crippen molar-refractivity contribution < 1.29 is 23.6 Å². The second kappa shape index (κ2) is 8.11. The minimum absolute atomic E-state index is 0.586. The molecule has 34 heavy (non-hydrogen) atoms. The monoisotopic (exact) mass is 472 g/mol. The van der Waals surface area contributed by atoms with E-state index in [0.717, 1.165) is 0 Å². The summed E-state index contributed by atoms with van der Waals surface area (Å²) in [6.07, 6.45) is 3.76. The van der Waals surface area contributed by atoms with E-state index in [-0.39, 0.29) is 0 Å². The van der Waals surface area contributed by atoms with Crippen LogP contribution in [0.3, 0.4) is 0 Å². The molecule has 0 aliphatic carbocycles. The molecule has 0 saturated carbocycles. The molecule has 6 heteroatoms. The van der Waals surface area contributed by atoms with Crippen LogP contribution < -0.4 is 5.30 Å². The van der Waals surface area contributed by atoms with Gasteiger partial charge in [-0.25, -0.2) is 0 Å². The maximum atomic E-state index is 16.0. The first-order chi connectivity index (χ1) is 16.5. The zero-order valence-electron chi connectivity index (χ0n) is 19.0. The molecule has 0 aromatic heterocycles. The van der Waals surface area contributed by atoms with Crippen LogP contribution >= 0.6 is 7.14 Å². The summed E-state index contributed by atoms with van der Waals surface area (Å²) >= 11 is 0. The molecule has 172 valence electrons. The van der Waals surface area contributed by atoms with Crippen LogP contribution in [0.5, 0.6) is 0 Å². The Bertz CT molecular complexity index is 1220. The van der Waals surface area contributed by atoms with E-state index in [1.165, 1.54) is 14.2 Å². The molecule has 3 aromatic rings. The number of carbonyl (C=O) groups excluding carboxylic acids is 2. The van der Waals surface area contributed by atoms with Gasteiger partial charge in [-0.1, -0.05) is 103 Å². The first-order valence-electron chi connectivity index (χ1n) is 11.1. The Morgan fingerprint density at radius 1 is 0.647 bits per heavy atom. The summed E-state index contributed by atoms with van der Waals surface area (Å²) in [5.41, 5.74) is 1.41. The molecule has 0 amide bonds. The average molecular weight is 472 g/mol. The fraction of sp³-hybridized carbons (Fsp3) is 0.214. The summed E-state index contributed by atoms with van der Waals surface area (Å²) in [5.74, 6) is -3.25. The Morgan fingerprint density at radius 2 is 1.00 bits per heavy atom. The number of hydrogen-bond donors (Lipinski definition) is 0. The summed E-state index contributed by atoms with van der Waals surface area (Å²) in [5, 5.41) is -1.96. The van der Waals surface area contributed by atoms with Gasteiger partial charge in [-0.05, 0) is 11.1 Å². The van der Waals surface area contributed by atoms with Gasteiger partial charge in [-0.15, -0.1) is 0 Å². The highest BCUT2D eigenvalue weighted by molar-refractivity contribution is 7.75. The van der Waals surface area contributed by atoms with Gasteiger partial charge in [0.25, 0.3) is 0 Å². The molecule has 1 fully saturated rings. The van der Waals surface area contributed by atoms with Gasteiger partial charge in [0, 0.05) is 5.30 Å². The number of allylic oxidation sites excluding steroid dienone is 2. The topological polar surface area (TPSA) is 69.7 Å². The van der Waals surface area contributed by atoms with Crippen molar-refractivity contribution in [3.63, 3.8) is 0 Å². The number of ether oxygens (including phenoxy) is 2. The fourth-order valence-electron chi connectivity index (χ4n) is 6.15. The number of rotatable bonds is 5. The highest BCUT2D eigenvalue weighted by Gasteiger charge is 2.81. The number of carbonyl (C=O) groups is 2. The van der Waals surface area contributed by atoms with E-state index >= 15 is 4.57 Å². The Morgan fingerprint density at radius 3 is 1.35 bits per heavy atom. The normalized spacial score (nSPS) is 31.2. The predicted molar refractivity (Wildman–Crippen MR) is 130 cm³/mol. The molecule has 1 unspecified atom stereocenters. The molecule has 2 aliphatic rings. The molecular weight excluding hydrogens is 447 g/mol. The Hall–Kier alpha value is -3.43. The molecule has 2 heterocycles. The first kappa shape index (κ1) is 22.4. The number of hydrogen-bond acceptors (Lipinski definition) is 5. The fourth-order valence-corrected chi connectivity index (χ4v) is 11.1. The van der Waals surface area contributed by atoms with E-state index in [0.29, 0.717) is 16.4 Å². The maximum Gasteiger partial charge on any atom is 0.311 e. The molecule has 5 rings (SSSR count). The van der Waals surface area contributed by atoms with Crippen LogP contribution in [-0.2, 0) is 33.9 Å². The van der Waals surface area contributed by atoms with Crippen LogP contribution in [0.15, 0.2) is 103 Å². The van der Waals surface area contributed by atoms with Crippen LogP contribution in [0.25, 0.3) is 0 Å². The van der Waals surface area contributed by atoms with Crippen molar-refractivity contribution in [1.29, 1.82) is 0 Å². The van der Waals surface area contributed by atoms with Crippen LogP contribution in [0.2, 0.25) is 0 Å². The van der Waals surface area contributed by atoms with Gasteiger partial charge in [0.05, 0.1) is 36.4 Å². The van der Waals surface area contributed by atoms with Gasteiger partial charge in [-0.2, -0.15) is 0 Å². The minimum atomic E-state index is -3.66. The molecule has 0 radical (unpaired) electrons. The predicted octanol–water partition coefficient (Wildman–Crippen LogP) is 4.63. The summed E-state index contributed by atoms with van der Waals surface area (Å²) in [6, 6.07) is 27.9. The summed E-state index contributed by atoms with van der Waals surface area (Å²) < 4.78 is 26.5. The van der Waals surface area contributed by atoms with Crippen molar-refractivity contribution in [2.75, 3.05) is 14.2 Å². The van der Waals surface area contributed by atoms with Crippen molar-refractivity contribution in [2.24, 2.45) is 11.8 Å². The van der Waals surface area contributed by atoms with Crippen LogP contribution in [0.4, 0.5) is 0 Å². The highest BCUT2D eigenvalue weighted by atomic mass is 31.2. The van der Waals surface area contributed by atoms with Crippen molar-refractivity contribution in [2.45, 2.75) is 10.3 Å². The van der Waals surface area contributed by atoms with Gasteiger partial charge in [0.2, 0.25) is 0 Å². The smallest absolute Gasteiger partial charge is 0.311 e. The summed E-state index contributed by atoms with van der Waals surface area (Å²) in [7, 11) is -1.06. The zero-order valence-corrected chi connectivity index (χ0v) is 19.9. The van der Waals surface area contributed by atoms with Crippen molar-refractivity contribution in [3.8, 4) is 0 Å². The van der Waals surface area contributed by atoms with E-state index in [4.69, 9.17) is 9.47 Å². The van der Waals surface area contributed by atoms with Crippen LogP contribution in [0.1, 0.15) is 11.1 Å². The van der Waals surface area contributed by atoms with Crippen LogP contribution in [-0.4, -0.2) is 26.2 Å². The Labute approximate surface area is 198 Å². The van der Waals surface area contributed by atoms with Crippen LogP contribution in [0, 0.1) is 11.8 Å². The summed E-state index contributed by atoms with van der Waals surface area (Å²) in [6.45, 7) is 0. The van der Waals surface area contributed by atoms with Gasteiger partial charge in [0.1, 0.15) is 7.14 Å². The SMILES string of the molecule is COC(=O)[C@@H]1[C@H](C(=O)OC)[C@]2(c3ccccc3)C=C[C@@]1(c1ccccc1)P2(=O)c1ccccc1. The summed E-state index contributed by atoms with van der Waals surface area (Å²) in [4.78, 5) is 27.0. The van der Waals surface area contributed by atoms with Gasteiger partial charge >= 0.3 is 11.9 Å². The van der Waals surface area contributed by atoms with Gasteiger partial charge in [0.15, 0.2) is 0 Å². The zero-order chi connectivity index (χ0) is 24.0. The quantitative estimate of drug-likeness (QED) is 0.308. The Kier molecular flexibility index (Phi) is 5.33. The average Bonchev–Trinajstić information content (AvgIpc) is 3.30. The lowest BCUT2D eigenvalue weighted by atomic mass is 9.66. The van der Waals surface area contributed by atoms with Crippen molar-refractivity contribution in [3.05, 3.63) is 114 Å². The highest BCUT2D eigenvalue weighted by Crippen LogP contribution is 2.88. The van der Waals surface area contributed by atoms with E-state index in [1.54, 1.807) is 0 Å². The number of methoxy groups -OCH3 is 2. The number of benzene rings is 3. The second-order valence-electron chi connectivity index (χ2n) is 8.66.